The Kier molecular flexibility index (Phi) is 5.66. The average Bonchev–Trinajstić information content (AvgIpc) is 2.37. The smallest absolute Gasteiger partial charge is 0.310 e. The highest BCUT2D eigenvalue weighted by Crippen LogP contribution is 2.14. The van der Waals surface area contributed by atoms with Crippen molar-refractivity contribution < 1.29 is 24.5 Å². The zero-order valence-electron chi connectivity index (χ0n) is 10.2. The van der Waals surface area contributed by atoms with E-state index in [9.17, 15) is 9.59 Å². The van der Waals surface area contributed by atoms with Crippen molar-refractivity contribution in [3.63, 3.8) is 0 Å². The summed E-state index contributed by atoms with van der Waals surface area (Å²) in [4.78, 5) is 22.3. The van der Waals surface area contributed by atoms with E-state index in [0.29, 0.717) is 5.75 Å². The molecule has 0 saturated heterocycles. The largest absolute Gasteiger partial charge is 0.442 e. The first-order chi connectivity index (χ1) is 9.01. The number of carbonyl (C=O) groups excluding carboxylic acids is 2. The SMILES string of the molecule is C=CC(=O)CC(=O)/C=C/c1ccc(OC(O)O)cc1. The topological polar surface area (TPSA) is 83.8 Å². The first-order valence-corrected chi connectivity index (χ1v) is 5.50. The van der Waals surface area contributed by atoms with E-state index < -0.39 is 6.48 Å². The second-order valence-electron chi connectivity index (χ2n) is 3.66. The summed E-state index contributed by atoms with van der Waals surface area (Å²) in [5.41, 5.74) is 0.721. The summed E-state index contributed by atoms with van der Waals surface area (Å²) in [7, 11) is 0. The predicted octanol–water partition coefficient (Wildman–Crippen LogP) is 1.06. The van der Waals surface area contributed by atoms with Gasteiger partial charge in [-0.25, -0.2) is 0 Å². The van der Waals surface area contributed by atoms with Gasteiger partial charge in [0.05, 0.1) is 6.42 Å². The Balaban J connectivity index is 2.59. The van der Waals surface area contributed by atoms with Gasteiger partial charge in [-0.2, -0.15) is 0 Å². The van der Waals surface area contributed by atoms with Crippen LogP contribution in [0.15, 0.2) is 43.0 Å². The van der Waals surface area contributed by atoms with E-state index >= 15 is 0 Å². The van der Waals surface area contributed by atoms with Crippen molar-refractivity contribution in [2.75, 3.05) is 0 Å². The Labute approximate surface area is 110 Å². The van der Waals surface area contributed by atoms with Gasteiger partial charge in [-0.15, -0.1) is 0 Å². The van der Waals surface area contributed by atoms with Gasteiger partial charge in [-0.05, 0) is 29.8 Å². The van der Waals surface area contributed by atoms with Crippen LogP contribution in [0.25, 0.3) is 6.08 Å². The van der Waals surface area contributed by atoms with E-state index in [2.05, 4.69) is 11.3 Å². The van der Waals surface area contributed by atoms with E-state index in [4.69, 9.17) is 10.2 Å². The highest BCUT2D eigenvalue weighted by atomic mass is 16.7. The molecule has 1 aromatic rings. The summed E-state index contributed by atoms with van der Waals surface area (Å²) in [5.74, 6) is -0.341. The molecule has 0 fully saturated rings. The van der Waals surface area contributed by atoms with Crippen LogP contribution in [-0.2, 0) is 9.59 Å². The number of benzene rings is 1. The van der Waals surface area contributed by atoms with Crippen LogP contribution < -0.4 is 4.74 Å². The minimum Gasteiger partial charge on any atom is -0.442 e. The van der Waals surface area contributed by atoms with Gasteiger partial charge in [-0.1, -0.05) is 24.8 Å². The third-order valence-corrected chi connectivity index (χ3v) is 2.16. The molecule has 0 aromatic heterocycles. The minimum atomic E-state index is -1.87. The van der Waals surface area contributed by atoms with E-state index in [1.54, 1.807) is 18.2 Å². The Morgan fingerprint density at radius 3 is 2.37 bits per heavy atom. The third kappa shape index (κ3) is 5.76. The molecule has 1 aromatic carbocycles. The van der Waals surface area contributed by atoms with Gasteiger partial charge in [0.2, 0.25) is 0 Å². The summed E-state index contributed by atoms with van der Waals surface area (Å²) < 4.78 is 4.63. The number of aliphatic hydroxyl groups excluding tert-OH is 1. The van der Waals surface area contributed by atoms with Crippen molar-refractivity contribution in [1.29, 1.82) is 0 Å². The molecule has 0 radical (unpaired) electrons. The molecule has 5 heteroatoms. The van der Waals surface area contributed by atoms with Gasteiger partial charge in [-0.3, -0.25) is 9.59 Å². The normalized spacial score (nSPS) is 10.7. The van der Waals surface area contributed by atoms with Gasteiger partial charge in [0.1, 0.15) is 5.75 Å². The number of allylic oxidation sites excluding steroid dienone is 2. The summed E-state index contributed by atoms with van der Waals surface area (Å²) in [6.45, 7) is 1.42. The number of carbonyl (C=O) groups is 2. The van der Waals surface area contributed by atoms with Gasteiger partial charge in [0.15, 0.2) is 11.6 Å². The number of ketones is 2. The molecule has 0 aliphatic rings. The molecule has 19 heavy (non-hydrogen) atoms. The van der Waals surface area contributed by atoms with Crippen molar-refractivity contribution >= 4 is 17.6 Å². The number of aliphatic hydroxyl groups is 2. The minimum absolute atomic E-state index is 0.197. The Morgan fingerprint density at radius 2 is 1.84 bits per heavy atom. The second kappa shape index (κ2) is 7.25. The standard InChI is InChI=1S/C14H14O5/c1-2-11(15)9-12(16)6-3-10-4-7-13(8-5-10)19-14(17)18/h2-8,14,17-18H,1,9H2/b6-3+. The molecule has 1 rings (SSSR count). The fourth-order valence-electron chi connectivity index (χ4n) is 1.27. The molecule has 0 aliphatic heterocycles. The predicted molar refractivity (Wildman–Crippen MR) is 69.2 cm³/mol. The second-order valence-corrected chi connectivity index (χ2v) is 3.66. The molecular formula is C14H14O5. The third-order valence-electron chi connectivity index (χ3n) is 2.16. The first kappa shape index (κ1) is 14.8. The van der Waals surface area contributed by atoms with Crippen LogP contribution in [-0.4, -0.2) is 28.3 Å². The van der Waals surface area contributed by atoms with E-state index in [1.165, 1.54) is 18.2 Å². The zero-order valence-corrected chi connectivity index (χ0v) is 10.2. The summed E-state index contributed by atoms with van der Waals surface area (Å²) in [5, 5.41) is 17.2. The van der Waals surface area contributed by atoms with Crippen LogP contribution in [0, 0.1) is 0 Å². The van der Waals surface area contributed by atoms with Crippen LogP contribution in [0.4, 0.5) is 0 Å². The summed E-state index contributed by atoms with van der Waals surface area (Å²) >= 11 is 0. The molecular weight excluding hydrogens is 248 g/mol. The highest BCUT2D eigenvalue weighted by molar-refractivity contribution is 6.09. The fraction of sp³-hybridized carbons (Fsp3) is 0.143. The number of hydrogen-bond donors (Lipinski definition) is 2. The zero-order chi connectivity index (χ0) is 14.3. The van der Waals surface area contributed by atoms with Gasteiger partial charge in [0.25, 0.3) is 0 Å². The molecule has 5 nitrogen and oxygen atoms in total. The molecule has 0 amide bonds. The molecule has 0 bridgehead atoms. The van der Waals surface area contributed by atoms with Crippen LogP contribution in [0.2, 0.25) is 0 Å². The van der Waals surface area contributed by atoms with Crippen molar-refractivity contribution in [1.82, 2.24) is 0 Å². The lowest BCUT2D eigenvalue weighted by atomic mass is 10.1. The van der Waals surface area contributed by atoms with Crippen LogP contribution in [0.1, 0.15) is 12.0 Å². The van der Waals surface area contributed by atoms with Crippen LogP contribution in [0.5, 0.6) is 5.75 Å². The maximum Gasteiger partial charge on any atom is 0.310 e. The molecule has 0 saturated carbocycles. The highest BCUT2D eigenvalue weighted by Gasteiger charge is 2.02. The lowest BCUT2D eigenvalue weighted by Crippen LogP contribution is -2.13. The van der Waals surface area contributed by atoms with Crippen LogP contribution >= 0.6 is 0 Å². The van der Waals surface area contributed by atoms with Gasteiger partial charge >= 0.3 is 6.48 Å². The average molecular weight is 262 g/mol. The number of ether oxygens (including phenoxy) is 1. The lowest BCUT2D eigenvalue weighted by Gasteiger charge is -2.06. The van der Waals surface area contributed by atoms with Crippen LogP contribution in [0.3, 0.4) is 0 Å². The maximum absolute atomic E-state index is 11.4. The van der Waals surface area contributed by atoms with Crippen molar-refractivity contribution in [3.05, 3.63) is 48.6 Å². The Bertz CT molecular complexity index is 485. The van der Waals surface area contributed by atoms with Gasteiger partial charge in [0, 0.05) is 0 Å². The monoisotopic (exact) mass is 262 g/mol. The van der Waals surface area contributed by atoms with E-state index in [-0.39, 0.29) is 18.0 Å². The van der Waals surface area contributed by atoms with Crippen molar-refractivity contribution in [3.8, 4) is 5.75 Å². The fourth-order valence-corrected chi connectivity index (χ4v) is 1.27. The molecule has 0 spiro atoms. The van der Waals surface area contributed by atoms with Crippen molar-refractivity contribution in [2.24, 2.45) is 0 Å². The number of rotatable bonds is 7. The summed E-state index contributed by atoms with van der Waals surface area (Å²) in [6, 6.07) is 6.32. The first-order valence-electron chi connectivity index (χ1n) is 5.50. The number of hydrogen-bond acceptors (Lipinski definition) is 5. The lowest BCUT2D eigenvalue weighted by molar-refractivity contribution is -0.179. The maximum atomic E-state index is 11.4. The summed E-state index contributed by atoms with van der Waals surface area (Å²) in [6.07, 6.45) is 3.77. The molecule has 0 heterocycles. The van der Waals surface area contributed by atoms with E-state index in [1.807, 2.05) is 0 Å². The Morgan fingerprint density at radius 1 is 1.21 bits per heavy atom. The molecule has 100 valence electrons. The molecule has 2 N–H and O–H groups in total. The molecule has 0 unspecified atom stereocenters. The molecule has 0 atom stereocenters. The quantitative estimate of drug-likeness (QED) is 0.436. The van der Waals surface area contributed by atoms with E-state index in [0.717, 1.165) is 11.6 Å². The Hall–Kier alpha value is -2.24. The van der Waals surface area contributed by atoms with Gasteiger partial charge < -0.3 is 14.9 Å². The molecule has 0 aliphatic carbocycles. The van der Waals surface area contributed by atoms with Crippen molar-refractivity contribution in [2.45, 2.75) is 12.9 Å².